The Labute approximate surface area is 93.6 Å². The van der Waals surface area contributed by atoms with Crippen LogP contribution in [0.5, 0.6) is 11.5 Å². The molecular formula is C11H13ClO3. The van der Waals surface area contributed by atoms with Gasteiger partial charge < -0.3 is 9.84 Å². The monoisotopic (exact) mass is 228 g/mol. The number of carbonyl (C=O) groups is 1. The third kappa shape index (κ3) is 2.42. The van der Waals surface area contributed by atoms with Crippen LogP contribution in [0.3, 0.4) is 0 Å². The minimum atomic E-state index is -0.0747. The van der Waals surface area contributed by atoms with Gasteiger partial charge in [0.15, 0.2) is 0 Å². The number of aromatic hydroxyl groups is 1. The molecule has 0 amide bonds. The Bertz CT molecular complexity index is 399. The van der Waals surface area contributed by atoms with E-state index in [-0.39, 0.29) is 23.0 Å². The van der Waals surface area contributed by atoms with E-state index in [9.17, 15) is 9.90 Å². The number of rotatable bonds is 3. The van der Waals surface area contributed by atoms with Gasteiger partial charge in [-0.25, -0.2) is 0 Å². The van der Waals surface area contributed by atoms with Gasteiger partial charge in [0.2, 0.25) is 0 Å². The van der Waals surface area contributed by atoms with Crippen LogP contribution in [0.1, 0.15) is 18.1 Å². The molecule has 0 fully saturated rings. The maximum absolute atomic E-state index is 11.0. The van der Waals surface area contributed by atoms with Gasteiger partial charge >= 0.3 is 0 Å². The predicted octanol–water partition coefficient (Wildman–Crippen LogP) is 2.49. The quantitative estimate of drug-likeness (QED) is 0.865. The third-order valence-electron chi connectivity index (χ3n) is 2.10. The Hall–Kier alpha value is -1.22. The van der Waals surface area contributed by atoms with Crippen LogP contribution >= 0.6 is 11.6 Å². The molecule has 1 rings (SSSR count). The fourth-order valence-electron chi connectivity index (χ4n) is 1.47. The summed E-state index contributed by atoms with van der Waals surface area (Å²) in [6.07, 6.45) is 0.177. The lowest BCUT2D eigenvalue weighted by molar-refractivity contribution is -0.116. The van der Waals surface area contributed by atoms with Crippen molar-refractivity contribution in [3.63, 3.8) is 0 Å². The summed E-state index contributed by atoms with van der Waals surface area (Å²) < 4.78 is 5.04. The molecule has 0 atom stereocenters. The lowest BCUT2D eigenvalue weighted by atomic mass is 10.0. The standard InChI is InChI=1S/C11H13ClO3/c1-6-4-8(5-7(2)13)10(14)9(12)11(6)15-3/h4,14H,5H2,1-3H3. The van der Waals surface area contributed by atoms with Gasteiger partial charge in [-0.05, 0) is 25.5 Å². The smallest absolute Gasteiger partial charge is 0.144 e. The number of hydrogen-bond donors (Lipinski definition) is 1. The van der Waals surface area contributed by atoms with Crippen molar-refractivity contribution in [2.45, 2.75) is 20.3 Å². The van der Waals surface area contributed by atoms with Crippen LogP contribution < -0.4 is 4.74 Å². The minimum Gasteiger partial charge on any atom is -0.506 e. The van der Waals surface area contributed by atoms with Gasteiger partial charge in [-0.3, -0.25) is 4.79 Å². The van der Waals surface area contributed by atoms with E-state index in [1.54, 1.807) is 6.07 Å². The number of halogens is 1. The zero-order valence-electron chi connectivity index (χ0n) is 8.93. The first-order valence-corrected chi connectivity index (χ1v) is 4.89. The van der Waals surface area contributed by atoms with Crippen LogP contribution in [0.2, 0.25) is 5.02 Å². The van der Waals surface area contributed by atoms with Crippen molar-refractivity contribution >= 4 is 17.4 Å². The molecule has 0 saturated carbocycles. The number of methoxy groups -OCH3 is 1. The van der Waals surface area contributed by atoms with E-state index in [2.05, 4.69) is 0 Å². The topological polar surface area (TPSA) is 46.5 Å². The van der Waals surface area contributed by atoms with E-state index in [1.165, 1.54) is 14.0 Å². The van der Waals surface area contributed by atoms with E-state index in [4.69, 9.17) is 16.3 Å². The molecule has 3 nitrogen and oxygen atoms in total. The highest BCUT2D eigenvalue weighted by atomic mass is 35.5. The molecule has 0 radical (unpaired) electrons. The molecule has 0 aliphatic rings. The molecule has 1 N–H and O–H groups in total. The Balaban J connectivity index is 3.27. The Morgan fingerprint density at radius 3 is 2.67 bits per heavy atom. The first-order valence-electron chi connectivity index (χ1n) is 4.51. The van der Waals surface area contributed by atoms with Gasteiger partial charge in [-0.15, -0.1) is 0 Å². The summed E-state index contributed by atoms with van der Waals surface area (Å²) >= 11 is 5.90. The number of carbonyl (C=O) groups excluding carboxylic acids is 1. The van der Waals surface area contributed by atoms with Crippen LogP contribution in [-0.4, -0.2) is 18.0 Å². The maximum atomic E-state index is 11.0. The number of benzene rings is 1. The molecule has 0 bridgehead atoms. The lowest BCUT2D eigenvalue weighted by Crippen LogP contribution is -1.99. The highest BCUT2D eigenvalue weighted by molar-refractivity contribution is 6.33. The van der Waals surface area contributed by atoms with Gasteiger partial charge in [0.05, 0.1) is 7.11 Å². The van der Waals surface area contributed by atoms with E-state index < -0.39 is 0 Å². The first-order chi connectivity index (χ1) is 6.97. The SMILES string of the molecule is COc1c(C)cc(CC(C)=O)c(O)c1Cl. The van der Waals surface area contributed by atoms with Gasteiger partial charge in [0.1, 0.15) is 22.3 Å². The zero-order chi connectivity index (χ0) is 11.6. The molecule has 1 aromatic rings. The van der Waals surface area contributed by atoms with Gasteiger partial charge in [0, 0.05) is 12.0 Å². The number of Topliss-reactive ketones (excluding diaryl/α,β-unsaturated/α-hetero) is 1. The van der Waals surface area contributed by atoms with Crippen LogP contribution in [0, 0.1) is 6.92 Å². The molecule has 0 saturated heterocycles. The second-order valence-corrected chi connectivity index (χ2v) is 3.81. The number of phenols is 1. The van der Waals surface area contributed by atoms with Gasteiger partial charge in [-0.2, -0.15) is 0 Å². The zero-order valence-corrected chi connectivity index (χ0v) is 9.68. The number of aryl methyl sites for hydroxylation is 1. The second kappa shape index (κ2) is 4.53. The molecule has 82 valence electrons. The van der Waals surface area contributed by atoms with Crippen molar-refractivity contribution in [2.24, 2.45) is 0 Å². The molecule has 4 heteroatoms. The molecule has 0 heterocycles. The first kappa shape index (κ1) is 11.9. The fourth-order valence-corrected chi connectivity index (χ4v) is 1.82. The van der Waals surface area contributed by atoms with Crippen molar-refractivity contribution < 1.29 is 14.6 Å². The van der Waals surface area contributed by atoms with E-state index >= 15 is 0 Å². The summed E-state index contributed by atoms with van der Waals surface area (Å²) in [6.45, 7) is 3.28. The van der Waals surface area contributed by atoms with E-state index in [0.29, 0.717) is 11.3 Å². The second-order valence-electron chi connectivity index (χ2n) is 3.43. The largest absolute Gasteiger partial charge is 0.506 e. The molecule has 15 heavy (non-hydrogen) atoms. The van der Waals surface area contributed by atoms with Crippen molar-refractivity contribution in [3.8, 4) is 11.5 Å². The third-order valence-corrected chi connectivity index (χ3v) is 2.45. The minimum absolute atomic E-state index is 0.0223. The molecule has 1 aromatic carbocycles. The van der Waals surface area contributed by atoms with Crippen molar-refractivity contribution in [1.82, 2.24) is 0 Å². The van der Waals surface area contributed by atoms with E-state index in [0.717, 1.165) is 5.56 Å². The highest BCUT2D eigenvalue weighted by Gasteiger charge is 2.15. The lowest BCUT2D eigenvalue weighted by Gasteiger charge is -2.11. The van der Waals surface area contributed by atoms with Gasteiger partial charge in [-0.1, -0.05) is 11.6 Å². The molecule has 0 aromatic heterocycles. The van der Waals surface area contributed by atoms with Gasteiger partial charge in [0.25, 0.3) is 0 Å². The molecular weight excluding hydrogens is 216 g/mol. The molecule has 0 unspecified atom stereocenters. The number of ketones is 1. The van der Waals surface area contributed by atoms with Crippen LogP contribution in [-0.2, 0) is 11.2 Å². The summed E-state index contributed by atoms with van der Waals surface area (Å²) in [6, 6.07) is 1.71. The fraction of sp³-hybridized carbons (Fsp3) is 0.364. The average Bonchev–Trinajstić information content (AvgIpc) is 2.14. The molecule has 0 aliphatic heterocycles. The van der Waals surface area contributed by atoms with Crippen LogP contribution in [0.15, 0.2) is 6.07 Å². The Morgan fingerprint density at radius 1 is 1.60 bits per heavy atom. The Kier molecular flexibility index (Phi) is 3.58. The summed E-state index contributed by atoms with van der Waals surface area (Å²) in [5.74, 6) is 0.349. The van der Waals surface area contributed by atoms with Crippen molar-refractivity contribution in [2.75, 3.05) is 7.11 Å². The summed E-state index contributed by atoms with van der Waals surface area (Å²) in [5.41, 5.74) is 1.34. The summed E-state index contributed by atoms with van der Waals surface area (Å²) in [7, 11) is 1.48. The average molecular weight is 229 g/mol. The maximum Gasteiger partial charge on any atom is 0.144 e. The van der Waals surface area contributed by atoms with Crippen LogP contribution in [0.4, 0.5) is 0 Å². The predicted molar refractivity (Wildman–Crippen MR) is 58.8 cm³/mol. The molecule has 0 spiro atoms. The normalized spacial score (nSPS) is 10.1. The highest BCUT2D eigenvalue weighted by Crippen LogP contribution is 2.38. The number of phenolic OH excluding ortho intramolecular Hbond substituents is 1. The van der Waals surface area contributed by atoms with Crippen molar-refractivity contribution in [1.29, 1.82) is 0 Å². The van der Waals surface area contributed by atoms with Crippen molar-refractivity contribution in [3.05, 3.63) is 22.2 Å². The summed E-state index contributed by atoms with van der Waals surface area (Å²) in [5, 5.41) is 9.88. The molecule has 0 aliphatic carbocycles. The van der Waals surface area contributed by atoms with Crippen LogP contribution in [0.25, 0.3) is 0 Å². The van der Waals surface area contributed by atoms with E-state index in [1.807, 2.05) is 6.92 Å². The summed E-state index contributed by atoms with van der Waals surface area (Å²) in [4.78, 5) is 11.0. The Morgan fingerprint density at radius 2 is 2.20 bits per heavy atom. The number of hydrogen-bond acceptors (Lipinski definition) is 3. The number of ether oxygens (including phenoxy) is 1.